The Morgan fingerprint density at radius 3 is 2.83 bits per heavy atom. The van der Waals surface area contributed by atoms with Gasteiger partial charge in [0.05, 0.1) is 10.6 Å². The number of carboxylic acids is 1. The van der Waals surface area contributed by atoms with Gasteiger partial charge in [0, 0.05) is 22.2 Å². The highest BCUT2D eigenvalue weighted by Gasteiger charge is 2.13. The molecule has 0 unspecified atom stereocenters. The third-order valence-electron chi connectivity index (χ3n) is 2.99. The first-order valence-corrected chi connectivity index (χ1v) is 9.26. The van der Waals surface area contributed by atoms with Crippen LogP contribution in [0.25, 0.3) is 10.4 Å². The Labute approximate surface area is 147 Å². The Kier molecular flexibility index (Phi) is 6.50. The van der Waals surface area contributed by atoms with Crippen LogP contribution in [0.4, 0.5) is 0 Å². The molecule has 122 valence electrons. The van der Waals surface area contributed by atoms with Crippen molar-refractivity contribution in [2.24, 2.45) is 0 Å². The summed E-state index contributed by atoms with van der Waals surface area (Å²) in [6.45, 7) is 2.41. The number of thioether (sulfide) groups is 1. The summed E-state index contributed by atoms with van der Waals surface area (Å²) >= 11 is 8.72. The molecule has 1 aromatic carbocycles. The second-order valence-corrected chi connectivity index (χ2v) is 7.43. The van der Waals surface area contributed by atoms with E-state index >= 15 is 0 Å². The highest BCUT2D eigenvalue weighted by Crippen LogP contribution is 2.33. The van der Waals surface area contributed by atoms with Crippen molar-refractivity contribution < 1.29 is 14.7 Å². The third kappa shape index (κ3) is 5.27. The Balaban J connectivity index is 1.97. The van der Waals surface area contributed by atoms with Crippen molar-refractivity contribution in [2.75, 3.05) is 18.1 Å². The van der Waals surface area contributed by atoms with Gasteiger partial charge in [-0.2, -0.15) is 0 Å². The zero-order valence-electron chi connectivity index (χ0n) is 12.5. The van der Waals surface area contributed by atoms with Gasteiger partial charge in [-0.1, -0.05) is 23.7 Å². The molecule has 0 aliphatic heterocycles. The molecule has 1 aromatic heterocycles. The monoisotopic (exact) mass is 369 g/mol. The van der Waals surface area contributed by atoms with E-state index in [9.17, 15) is 9.59 Å². The van der Waals surface area contributed by atoms with Crippen molar-refractivity contribution in [2.45, 2.75) is 6.92 Å². The molecular weight excluding hydrogens is 354 g/mol. The van der Waals surface area contributed by atoms with Gasteiger partial charge in [-0.25, -0.2) is 0 Å². The number of nitrogens with one attached hydrogen (secondary N) is 1. The Morgan fingerprint density at radius 2 is 2.13 bits per heavy atom. The van der Waals surface area contributed by atoms with Gasteiger partial charge in [0.15, 0.2) is 0 Å². The number of halogens is 1. The molecule has 0 aliphatic carbocycles. The second kappa shape index (κ2) is 8.38. The molecule has 0 radical (unpaired) electrons. The number of hydrogen-bond donors (Lipinski definition) is 2. The van der Waals surface area contributed by atoms with E-state index in [1.165, 1.54) is 23.1 Å². The molecule has 1 heterocycles. The van der Waals surface area contributed by atoms with Crippen LogP contribution in [-0.4, -0.2) is 35.0 Å². The summed E-state index contributed by atoms with van der Waals surface area (Å²) in [6.07, 6.45) is 0. The van der Waals surface area contributed by atoms with Crippen LogP contribution in [0.2, 0.25) is 5.02 Å². The van der Waals surface area contributed by atoms with Crippen LogP contribution in [0.3, 0.4) is 0 Å². The molecule has 2 aromatic rings. The summed E-state index contributed by atoms with van der Waals surface area (Å²) in [5.41, 5.74) is 2.03. The number of carbonyl (C=O) groups excluding carboxylic acids is 1. The minimum absolute atomic E-state index is 0.0485. The van der Waals surface area contributed by atoms with Crippen molar-refractivity contribution in [1.82, 2.24) is 5.32 Å². The summed E-state index contributed by atoms with van der Waals surface area (Å²) in [5.74, 6) is -0.361. The molecule has 0 fully saturated rings. The average molecular weight is 370 g/mol. The Hall–Kier alpha value is -1.50. The van der Waals surface area contributed by atoms with Gasteiger partial charge in [-0.15, -0.1) is 23.1 Å². The molecule has 1 amide bonds. The van der Waals surface area contributed by atoms with Gasteiger partial charge in [0.25, 0.3) is 5.91 Å². The lowest BCUT2D eigenvalue weighted by Gasteiger charge is -2.02. The number of amides is 1. The van der Waals surface area contributed by atoms with Gasteiger partial charge in [-0.3, -0.25) is 9.59 Å². The van der Waals surface area contributed by atoms with Gasteiger partial charge < -0.3 is 10.4 Å². The van der Waals surface area contributed by atoms with Crippen molar-refractivity contribution in [3.8, 4) is 10.4 Å². The minimum Gasteiger partial charge on any atom is -0.481 e. The van der Waals surface area contributed by atoms with E-state index in [2.05, 4.69) is 5.32 Å². The van der Waals surface area contributed by atoms with Gasteiger partial charge in [-0.05, 0) is 36.2 Å². The molecule has 23 heavy (non-hydrogen) atoms. The predicted molar refractivity (Wildman–Crippen MR) is 96.8 cm³/mol. The number of aliphatic carboxylic acids is 1. The first kappa shape index (κ1) is 17.8. The van der Waals surface area contributed by atoms with Crippen LogP contribution in [-0.2, 0) is 4.79 Å². The molecule has 0 bridgehead atoms. The predicted octanol–water partition coefficient (Wildman–Crippen LogP) is 3.92. The standard InChI is InChI=1S/C16H16ClNO3S2/c1-10-7-13(16(21)18-5-6-22-9-14(19)20)23-15(10)11-3-2-4-12(17)8-11/h2-4,7-8H,5-6,9H2,1H3,(H,18,21)(H,19,20). The molecule has 0 spiro atoms. The lowest BCUT2D eigenvalue weighted by atomic mass is 10.1. The maximum absolute atomic E-state index is 12.2. The quantitative estimate of drug-likeness (QED) is 0.726. The smallest absolute Gasteiger partial charge is 0.313 e. The average Bonchev–Trinajstić information content (AvgIpc) is 2.88. The fourth-order valence-electron chi connectivity index (χ4n) is 1.99. The van der Waals surface area contributed by atoms with E-state index in [-0.39, 0.29) is 11.7 Å². The number of benzene rings is 1. The maximum atomic E-state index is 12.2. The van der Waals surface area contributed by atoms with Crippen molar-refractivity contribution in [3.63, 3.8) is 0 Å². The maximum Gasteiger partial charge on any atom is 0.313 e. The van der Waals surface area contributed by atoms with E-state index in [1.807, 2.05) is 37.3 Å². The number of rotatable bonds is 7. The van der Waals surface area contributed by atoms with E-state index in [0.717, 1.165) is 16.0 Å². The number of aryl methyl sites for hydroxylation is 1. The molecule has 2 N–H and O–H groups in total. The number of hydrogen-bond acceptors (Lipinski definition) is 4. The SMILES string of the molecule is Cc1cc(C(=O)NCCSCC(=O)O)sc1-c1cccc(Cl)c1. The normalized spacial score (nSPS) is 10.5. The first-order chi connectivity index (χ1) is 11.0. The molecule has 4 nitrogen and oxygen atoms in total. The number of thiophene rings is 1. The number of carbonyl (C=O) groups is 2. The molecule has 0 aliphatic rings. The van der Waals surface area contributed by atoms with Crippen LogP contribution in [0.1, 0.15) is 15.2 Å². The zero-order chi connectivity index (χ0) is 16.8. The van der Waals surface area contributed by atoms with Gasteiger partial charge in [0.2, 0.25) is 0 Å². The first-order valence-electron chi connectivity index (χ1n) is 6.91. The highest BCUT2D eigenvalue weighted by molar-refractivity contribution is 7.99. The third-order valence-corrected chi connectivity index (χ3v) is 5.45. The summed E-state index contributed by atoms with van der Waals surface area (Å²) in [5, 5.41) is 12.0. The second-order valence-electron chi connectivity index (χ2n) is 4.84. The van der Waals surface area contributed by atoms with Crippen molar-refractivity contribution in [1.29, 1.82) is 0 Å². The Bertz CT molecular complexity index is 715. The van der Waals surface area contributed by atoms with E-state index < -0.39 is 5.97 Å². The minimum atomic E-state index is -0.846. The zero-order valence-corrected chi connectivity index (χ0v) is 14.9. The molecule has 0 saturated heterocycles. The summed E-state index contributed by atoms with van der Waals surface area (Å²) in [6, 6.07) is 9.41. The fourth-order valence-corrected chi connectivity index (χ4v) is 3.83. The van der Waals surface area contributed by atoms with Crippen LogP contribution in [0.15, 0.2) is 30.3 Å². The van der Waals surface area contributed by atoms with Crippen molar-refractivity contribution in [3.05, 3.63) is 45.8 Å². The van der Waals surface area contributed by atoms with Crippen LogP contribution in [0, 0.1) is 6.92 Å². The van der Waals surface area contributed by atoms with Crippen LogP contribution < -0.4 is 5.32 Å². The fraction of sp³-hybridized carbons (Fsp3) is 0.250. The topological polar surface area (TPSA) is 66.4 Å². The largest absolute Gasteiger partial charge is 0.481 e. The highest BCUT2D eigenvalue weighted by atomic mass is 35.5. The molecule has 0 saturated carbocycles. The molecule has 0 atom stereocenters. The summed E-state index contributed by atoms with van der Waals surface area (Å²) in [7, 11) is 0. The van der Waals surface area contributed by atoms with Gasteiger partial charge >= 0.3 is 5.97 Å². The molecule has 2 rings (SSSR count). The van der Waals surface area contributed by atoms with Crippen LogP contribution >= 0.6 is 34.7 Å². The summed E-state index contributed by atoms with van der Waals surface area (Å²) < 4.78 is 0. The summed E-state index contributed by atoms with van der Waals surface area (Å²) in [4.78, 5) is 24.2. The lowest BCUT2D eigenvalue weighted by Crippen LogP contribution is -2.25. The Morgan fingerprint density at radius 1 is 1.35 bits per heavy atom. The van der Waals surface area contributed by atoms with Crippen LogP contribution in [0.5, 0.6) is 0 Å². The van der Waals surface area contributed by atoms with Crippen molar-refractivity contribution >= 4 is 46.6 Å². The van der Waals surface area contributed by atoms with E-state index in [4.69, 9.17) is 16.7 Å². The van der Waals surface area contributed by atoms with E-state index in [0.29, 0.717) is 22.2 Å². The lowest BCUT2D eigenvalue weighted by molar-refractivity contribution is -0.133. The molecule has 7 heteroatoms. The molecular formula is C16H16ClNO3S2. The van der Waals surface area contributed by atoms with E-state index in [1.54, 1.807) is 0 Å². The van der Waals surface area contributed by atoms with Gasteiger partial charge in [0.1, 0.15) is 0 Å². The number of carboxylic acid groups (broad SMARTS) is 1.